The number of nitro benzene ring substituents is 1. The zero-order valence-corrected chi connectivity index (χ0v) is 15.3. The normalized spacial score (nSPS) is 17.2. The van der Waals surface area contributed by atoms with Crippen molar-refractivity contribution in [2.75, 3.05) is 11.9 Å². The number of benzene rings is 2. The van der Waals surface area contributed by atoms with Crippen LogP contribution in [0.2, 0.25) is 10.0 Å². The molecule has 2 aromatic carbocycles. The van der Waals surface area contributed by atoms with Gasteiger partial charge >= 0.3 is 0 Å². The monoisotopic (exact) mass is 393 g/mol. The molecule has 0 spiro atoms. The molecule has 0 aromatic heterocycles. The summed E-state index contributed by atoms with van der Waals surface area (Å²) in [4.78, 5) is 25.1. The number of nitro groups is 1. The molecule has 0 bridgehead atoms. The van der Waals surface area contributed by atoms with E-state index in [1.165, 1.54) is 12.1 Å². The van der Waals surface area contributed by atoms with E-state index >= 15 is 0 Å². The first-order valence-corrected chi connectivity index (χ1v) is 8.93. The van der Waals surface area contributed by atoms with E-state index in [0.717, 1.165) is 24.9 Å². The third-order valence-corrected chi connectivity index (χ3v) is 4.95. The van der Waals surface area contributed by atoms with Crippen LogP contribution >= 0.6 is 23.2 Å². The van der Waals surface area contributed by atoms with Crippen LogP contribution in [0.3, 0.4) is 0 Å². The van der Waals surface area contributed by atoms with Gasteiger partial charge < -0.3 is 5.32 Å². The van der Waals surface area contributed by atoms with Crippen LogP contribution in [0.5, 0.6) is 0 Å². The summed E-state index contributed by atoms with van der Waals surface area (Å²) < 4.78 is 0. The Hall–Kier alpha value is -2.15. The quantitative estimate of drug-likeness (QED) is 0.598. The molecule has 1 amide bonds. The lowest BCUT2D eigenvalue weighted by atomic mass is 10.1. The molecular weight excluding hydrogens is 377 g/mol. The van der Waals surface area contributed by atoms with Crippen molar-refractivity contribution in [1.29, 1.82) is 0 Å². The average Bonchev–Trinajstić information content (AvgIpc) is 3.07. The Bertz CT molecular complexity index is 827. The van der Waals surface area contributed by atoms with E-state index in [1.54, 1.807) is 30.3 Å². The molecule has 3 rings (SSSR count). The molecular formula is C18H17Cl2N3O3. The van der Waals surface area contributed by atoms with Gasteiger partial charge in [-0.2, -0.15) is 0 Å². The molecule has 1 fully saturated rings. The topological polar surface area (TPSA) is 75.5 Å². The molecule has 26 heavy (non-hydrogen) atoms. The molecule has 0 aliphatic carbocycles. The Kier molecular flexibility index (Phi) is 5.76. The molecule has 1 N–H and O–H groups in total. The summed E-state index contributed by atoms with van der Waals surface area (Å²) in [5.41, 5.74) is 1.47. The average molecular weight is 394 g/mol. The SMILES string of the molecule is O=C(Nc1cc(Cl)ccc1Cl)C1CCCN1Cc1ccc([N+](=O)[O-])cc1. The van der Waals surface area contributed by atoms with Crippen LogP contribution in [0.25, 0.3) is 0 Å². The van der Waals surface area contributed by atoms with Gasteiger partial charge in [-0.05, 0) is 43.1 Å². The van der Waals surface area contributed by atoms with Crippen LogP contribution in [0, 0.1) is 10.1 Å². The van der Waals surface area contributed by atoms with E-state index in [1.807, 2.05) is 0 Å². The Morgan fingerprint density at radius 1 is 1.23 bits per heavy atom. The number of carbonyl (C=O) groups excluding carboxylic acids is 1. The van der Waals surface area contributed by atoms with Crippen molar-refractivity contribution in [3.05, 3.63) is 68.2 Å². The number of carbonyl (C=O) groups is 1. The van der Waals surface area contributed by atoms with E-state index < -0.39 is 4.92 Å². The molecule has 1 aliphatic heterocycles. The lowest BCUT2D eigenvalue weighted by Crippen LogP contribution is -2.39. The van der Waals surface area contributed by atoms with Crippen LogP contribution in [-0.4, -0.2) is 28.3 Å². The number of rotatable bonds is 5. The van der Waals surface area contributed by atoms with E-state index in [2.05, 4.69) is 10.2 Å². The van der Waals surface area contributed by atoms with Gasteiger partial charge in [0.15, 0.2) is 0 Å². The minimum Gasteiger partial charge on any atom is -0.323 e. The van der Waals surface area contributed by atoms with E-state index in [0.29, 0.717) is 22.3 Å². The first-order chi connectivity index (χ1) is 12.4. The maximum absolute atomic E-state index is 12.7. The lowest BCUT2D eigenvalue weighted by molar-refractivity contribution is -0.384. The summed E-state index contributed by atoms with van der Waals surface area (Å²) in [5, 5.41) is 14.5. The summed E-state index contributed by atoms with van der Waals surface area (Å²) in [6, 6.07) is 11.0. The Balaban J connectivity index is 1.68. The lowest BCUT2D eigenvalue weighted by Gasteiger charge is -2.24. The number of hydrogen-bond donors (Lipinski definition) is 1. The Labute approximate surface area is 160 Å². The summed E-state index contributed by atoms with van der Waals surface area (Å²) in [6.07, 6.45) is 1.66. The first-order valence-electron chi connectivity index (χ1n) is 8.17. The van der Waals surface area contributed by atoms with Gasteiger partial charge in [-0.25, -0.2) is 0 Å². The van der Waals surface area contributed by atoms with Crippen molar-refractivity contribution < 1.29 is 9.72 Å². The van der Waals surface area contributed by atoms with Gasteiger partial charge in [-0.1, -0.05) is 35.3 Å². The number of likely N-dealkylation sites (tertiary alicyclic amines) is 1. The predicted octanol–water partition coefficient (Wildman–Crippen LogP) is 4.50. The molecule has 1 saturated heterocycles. The maximum atomic E-state index is 12.7. The highest BCUT2D eigenvalue weighted by Gasteiger charge is 2.31. The fourth-order valence-electron chi connectivity index (χ4n) is 3.08. The highest BCUT2D eigenvalue weighted by molar-refractivity contribution is 6.35. The van der Waals surface area contributed by atoms with Crippen LogP contribution in [-0.2, 0) is 11.3 Å². The molecule has 6 nitrogen and oxygen atoms in total. The molecule has 136 valence electrons. The Morgan fingerprint density at radius 3 is 2.65 bits per heavy atom. The van der Waals surface area contributed by atoms with Crippen LogP contribution in [0.4, 0.5) is 11.4 Å². The van der Waals surface area contributed by atoms with Crippen LogP contribution in [0.1, 0.15) is 18.4 Å². The first kappa shape index (κ1) is 18.6. The second-order valence-electron chi connectivity index (χ2n) is 6.17. The van der Waals surface area contributed by atoms with E-state index in [-0.39, 0.29) is 17.6 Å². The zero-order valence-electron chi connectivity index (χ0n) is 13.8. The summed E-state index contributed by atoms with van der Waals surface area (Å²) >= 11 is 12.1. The van der Waals surface area contributed by atoms with Crippen LogP contribution in [0.15, 0.2) is 42.5 Å². The highest BCUT2D eigenvalue weighted by atomic mass is 35.5. The highest BCUT2D eigenvalue weighted by Crippen LogP contribution is 2.27. The molecule has 1 unspecified atom stereocenters. The van der Waals surface area contributed by atoms with Crippen molar-refractivity contribution in [2.24, 2.45) is 0 Å². The minimum absolute atomic E-state index is 0.0556. The smallest absolute Gasteiger partial charge is 0.269 e. The van der Waals surface area contributed by atoms with Gasteiger partial charge in [-0.3, -0.25) is 19.8 Å². The summed E-state index contributed by atoms with van der Waals surface area (Å²) in [5.74, 6) is -0.131. The summed E-state index contributed by atoms with van der Waals surface area (Å²) in [7, 11) is 0. The number of halogens is 2. The minimum atomic E-state index is -0.426. The number of hydrogen-bond acceptors (Lipinski definition) is 4. The molecule has 1 heterocycles. The number of non-ortho nitro benzene ring substituents is 1. The largest absolute Gasteiger partial charge is 0.323 e. The van der Waals surface area contributed by atoms with Gasteiger partial charge in [0.05, 0.1) is 21.7 Å². The van der Waals surface area contributed by atoms with Crippen LogP contribution < -0.4 is 5.32 Å². The van der Waals surface area contributed by atoms with Gasteiger partial charge in [0, 0.05) is 23.7 Å². The third kappa shape index (κ3) is 4.33. The molecule has 1 aliphatic rings. The van der Waals surface area contributed by atoms with Gasteiger partial charge in [0.25, 0.3) is 5.69 Å². The van der Waals surface area contributed by atoms with Crippen molar-refractivity contribution in [1.82, 2.24) is 4.90 Å². The fraction of sp³-hybridized carbons (Fsp3) is 0.278. The number of amides is 1. The molecule has 8 heteroatoms. The predicted molar refractivity (Wildman–Crippen MR) is 102 cm³/mol. The van der Waals surface area contributed by atoms with Crippen molar-refractivity contribution in [3.8, 4) is 0 Å². The zero-order chi connectivity index (χ0) is 18.7. The van der Waals surface area contributed by atoms with E-state index in [9.17, 15) is 14.9 Å². The van der Waals surface area contributed by atoms with Gasteiger partial charge in [0.2, 0.25) is 5.91 Å². The van der Waals surface area contributed by atoms with Crippen molar-refractivity contribution in [3.63, 3.8) is 0 Å². The van der Waals surface area contributed by atoms with Gasteiger partial charge in [0.1, 0.15) is 0 Å². The second kappa shape index (κ2) is 8.03. The second-order valence-corrected chi connectivity index (χ2v) is 7.01. The number of nitrogens with one attached hydrogen (secondary N) is 1. The van der Waals surface area contributed by atoms with Crippen molar-refractivity contribution in [2.45, 2.75) is 25.4 Å². The molecule has 1 atom stereocenters. The molecule has 0 radical (unpaired) electrons. The van der Waals surface area contributed by atoms with Gasteiger partial charge in [-0.15, -0.1) is 0 Å². The van der Waals surface area contributed by atoms with Crippen molar-refractivity contribution >= 4 is 40.5 Å². The standard InChI is InChI=1S/C18H17Cl2N3O3/c19-13-5-8-15(20)16(10-13)21-18(24)17-2-1-9-22(17)11-12-3-6-14(7-4-12)23(25)26/h3-8,10,17H,1-2,9,11H2,(H,21,24). The summed E-state index contributed by atoms with van der Waals surface area (Å²) in [6.45, 7) is 1.34. The Morgan fingerprint density at radius 2 is 1.96 bits per heavy atom. The number of nitrogens with zero attached hydrogens (tertiary/aromatic N) is 2. The number of anilines is 1. The fourth-order valence-corrected chi connectivity index (χ4v) is 3.42. The van der Waals surface area contributed by atoms with E-state index in [4.69, 9.17) is 23.2 Å². The third-order valence-electron chi connectivity index (χ3n) is 4.39. The molecule has 2 aromatic rings. The maximum Gasteiger partial charge on any atom is 0.269 e. The molecule has 0 saturated carbocycles.